The maximum absolute atomic E-state index is 10.6. The minimum Gasteiger partial charge on any atom is -0.508 e. The Hall–Kier alpha value is -1.51. The van der Waals surface area contributed by atoms with Crippen molar-refractivity contribution in [1.82, 2.24) is 5.32 Å². The minimum atomic E-state index is 0.225. The number of amides is 1. The average Bonchev–Trinajstić information content (AvgIpc) is 2.48. The number of rotatable bonds is 0. The molecule has 3 nitrogen and oxygen atoms in total. The van der Waals surface area contributed by atoms with Crippen molar-refractivity contribution in [2.24, 2.45) is 0 Å². The molecule has 3 heteroatoms. The number of hydrogen-bond donors (Lipinski definition) is 2. The molecule has 0 aromatic heterocycles. The molecule has 1 amide bonds. The molecule has 0 radical (unpaired) electrons. The second-order valence-electron chi connectivity index (χ2n) is 3.50. The summed E-state index contributed by atoms with van der Waals surface area (Å²) in [6.45, 7) is 0.888. The Morgan fingerprint density at radius 1 is 1.07 bits per heavy atom. The van der Waals surface area contributed by atoms with E-state index in [1.165, 1.54) is 6.42 Å². The van der Waals surface area contributed by atoms with Crippen LogP contribution in [0.25, 0.3) is 0 Å². The Labute approximate surface area is 90.1 Å². The molecule has 0 unspecified atom stereocenters. The first-order valence-corrected chi connectivity index (χ1v) is 5.30. The van der Waals surface area contributed by atoms with Crippen LogP contribution in [0.1, 0.15) is 25.7 Å². The van der Waals surface area contributed by atoms with Crippen molar-refractivity contribution in [2.45, 2.75) is 25.7 Å². The van der Waals surface area contributed by atoms with Crippen LogP contribution >= 0.6 is 0 Å². The van der Waals surface area contributed by atoms with Crippen molar-refractivity contribution >= 4 is 5.91 Å². The van der Waals surface area contributed by atoms with Crippen LogP contribution in [0.15, 0.2) is 30.3 Å². The first kappa shape index (κ1) is 11.6. The molecule has 2 rings (SSSR count). The molecule has 0 bridgehead atoms. The zero-order chi connectivity index (χ0) is 10.9. The van der Waals surface area contributed by atoms with Gasteiger partial charge in [0.2, 0.25) is 5.91 Å². The molecule has 0 aliphatic carbocycles. The van der Waals surface area contributed by atoms with Crippen LogP contribution in [0.5, 0.6) is 5.75 Å². The number of phenols is 1. The molecule has 1 aromatic carbocycles. The summed E-state index contributed by atoms with van der Waals surface area (Å²) in [4.78, 5) is 10.6. The van der Waals surface area contributed by atoms with E-state index < -0.39 is 0 Å². The lowest BCUT2D eigenvalue weighted by Crippen LogP contribution is -2.21. The second kappa shape index (κ2) is 6.87. The van der Waals surface area contributed by atoms with Gasteiger partial charge in [-0.25, -0.2) is 0 Å². The molecule has 0 spiro atoms. The highest BCUT2D eigenvalue weighted by Gasteiger charge is 2.03. The summed E-state index contributed by atoms with van der Waals surface area (Å²) in [5, 5.41) is 11.4. The van der Waals surface area contributed by atoms with Crippen LogP contribution in [0.4, 0.5) is 0 Å². The molecule has 1 saturated heterocycles. The fraction of sp³-hybridized carbons (Fsp3) is 0.417. The smallest absolute Gasteiger partial charge is 0.219 e. The summed E-state index contributed by atoms with van der Waals surface area (Å²) in [5.41, 5.74) is 0. The quantitative estimate of drug-likeness (QED) is 0.684. The molecular formula is C12H17NO2. The standard InChI is InChI=1S/C6H11NO.C6H6O/c8-6-4-2-1-3-5-7-6;7-6-4-2-1-3-5-6/h1-5H2,(H,7,8);1-5,7H. The number of aromatic hydroxyl groups is 1. The number of benzene rings is 1. The van der Waals surface area contributed by atoms with E-state index in [1.807, 2.05) is 6.07 Å². The lowest BCUT2D eigenvalue weighted by atomic mass is 10.2. The molecule has 1 aromatic rings. The summed E-state index contributed by atoms with van der Waals surface area (Å²) in [5.74, 6) is 0.546. The molecule has 1 aliphatic rings. The number of carbonyl (C=O) groups excluding carboxylic acids is 1. The molecule has 15 heavy (non-hydrogen) atoms. The highest BCUT2D eigenvalue weighted by molar-refractivity contribution is 5.75. The summed E-state index contributed by atoms with van der Waals surface area (Å²) in [6, 6.07) is 8.71. The van der Waals surface area contributed by atoms with Gasteiger partial charge in [-0.1, -0.05) is 24.6 Å². The van der Waals surface area contributed by atoms with Gasteiger partial charge in [0.1, 0.15) is 5.75 Å². The number of carbonyl (C=O) groups is 1. The van der Waals surface area contributed by atoms with Crippen LogP contribution in [0.2, 0.25) is 0 Å². The highest BCUT2D eigenvalue weighted by atomic mass is 16.3. The van der Waals surface area contributed by atoms with E-state index >= 15 is 0 Å². The largest absolute Gasteiger partial charge is 0.508 e. The fourth-order valence-corrected chi connectivity index (χ4v) is 1.33. The monoisotopic (exact) mass is 207 g/mol. The Balaban J connectivity index is 0.000000151. The predicted molar refractivity (Wildman–Crippen MR) is 59.6 cm³/mol. The SMILES string of the molecule is O=C1CCCCCN1.Oc1ccccc1. The first-order chi connectivity index (χ1) is 7.29. The van der Waals surface area contributed by atoms with E-state index in [2.05, 4.69) is 5.32 Å². The molecular weight excluding hydrogens is 190 g/mol. The van der Waals surface area contributed by atoms with E-state index in [9.17, 15) is 4.79 Å². The zero-order valence-corrected chi connectivity index (χ0v) is 8.78. The Morgan fingerprint density at radius 2 is 1.80 bits per heavy atom. The Morgan fingerprint density at radius 3 is 2.40 bits per heavy atom. The van der Waals surface area contributed by atoms with Crippen LogP contribution in [0.3, 0.4) is 0 Å². The summed E-state index contributed by atoms with van der Waals surface area (Å²) < 4.78 is 0. The van der Waals surface area contributed by atoms with Crippen molar-refractivity contribution < 1.29 is 9.90 Å². The van der Waals surface area contributed by atoms with Crippen molar-refractivity contribution in [3.63, 3.8) is 0 Å². The van der Waals surface area contributed by atoms with Gasteiger partial charge in [-0.2, -0.15) is 0 Å². The van der Waals surface area contributed by atoms with Gasteiger partial charge in [0.15, 0.2) is 0 Å². The number of nitrogens with one attached hydrogen (secondary N) is 1. The van der Waals surface area contributed by atoms with Gasteiger partial charge in [-0.3, -0.25) is 4.79 Å². The van der Waals surface area contributed by atoms with Crippen LogP contribution in [-0.4, -0.2) is 17.6 Å². The van der Waals surface area contributed by atoms with Gasteiger partial charge in [-0.05, 0) is 25.0 Å². The second-order valence-corrected chi connectivity index (χ2v) is 3.50. The molecule has 0 saturated carbocycles. The van der Waals surface area contributed by atoms with Crippen molar-refractivity contribution in [2.75, 3.05) is 6.54 Å². The zero-order valence-electron chi connectivity index (χ0n) is 8.78. The van der Waals surface area contributed by atoms with Crippen molar-refractivity contribution in [1.29, 1.82) is 0 Å². The Bertz CT molecular complexity index is 275. The van der Waals surface area contributed by atoms with Gasteiger partial charge in [0, 0.05) is 13.0 Å². The third kappa shape index (κ3) is 5.73. The van der Waals surface area contributed by atoms with E-state index in [0.717, 1.165) is 25.8 Å². The molecule has 82 valence electrons. The lowest BCUT2D eigenvalue weighted by molar-refractivity contribution is -0.120. The fourth-order valence-electron chi connectivity index (χ4n) is 1.33. The summed E-state index contributed by atoms with van der Waals surface area (Å²) >= 11 is 0. The van der Waals surface area contributed by atoms with Gasteiger partial charge < -0.3 is 10.4 Å². The van der Waals surface area contributed by atoms with Gasteiger partial charge >= 0.3 is 0 Å². The van der Waals surface area contributed by atoms with E-state index in [0.29, 0.717) is 5.75 Å². The molecule has 1 aliphatic heterocycles. The van der Waals surface area contributed by atoms with Crippen molar-refractivity contribution in [3.8, 4) is 5.75 Å². The molecule has 2 N–H and O–H groups in total. The number of para-hydroxylation sites is 1. The van der Waals surface area contributed by atoms with E-state index in [1.54, 1.807) is 24.3 Å². The third-order valence-corrected chi connectivity index (χ3v) is 2.16. The van der Waals surface area contributed by atoms with Gasteiger partial charge in [-0.15, -0.1) is 0 Å². The summed E-state index contributed by atoms with van der Waals surface area (Å²) in [6.07, 6.45) is 4.18. The van der Waals surface area contributed by atoms with Crippen LogP contribution in [-0.2, 0) is 4.79 Å². The minimum absolute atomic E-state index is 0.225. The highest BCUT2D eigenvalue weighted by Crippen LogP contribution is 2.03. The van der Waals surface area contributed by atoms with Gasteiger partial charge in [0.25, 0.3) is 0 Å². The first-order valence-electron chi connectivity index (χ1n) is 5.30. The Kier molecular flexibility index (Phi) is 5.30. The maximum atomic E-state index is 10.6. The summed E-state index contributed by atoms with van der Waals surface area (Å²) in [7, 11) is 0. The van der Waals surface area contributed by atoms with Crippen molar-refractivity contribution in [3.05, 3.63) is 30.3 Å². The van der Waals surface area contributed by atoms with Crippen LogP contribution in [0, 0.1) is 0 Å². The lowest BCUT2D eigenvalue weighted by Gasteiger charge is -1.93. The molecule has 0 atom stereocenters. The average molecular weight is 207 g/mol. The van der Waals surface area contributed by atoms with E-state index in [4.69, 9.17) is 5.11 Å². The molecule has 1 fully saturated rings. The maximum Gasteiger partial charge on any atom is 0.219 e. The normalized spacial score (nSPS) is 15.6. The third-order valence-electron chi connectivity index (χ3n) is 2.16. The van der Waals surface area contributed by atoms with Crippen LogP contribution < -0.4 is 5.32 Å². The van der Waals surface area contributed by atoms with Gasteiger partial charge in [0.05, 0.1) is 0 Å². The van der Waals surface area contributed by atoms with E-state index in [-0.39, 0.29) is 5.91 Å². The predicted octanol–water partition coefficient (Wildman–Crippen LogP) is 2.07. The topological polar surface area (TPSA) is 49.3 Å². The number of phenolic OH excluding ortho intramolecular Hbond substituents is 1. The number of hydrogen-bond acceptors (Lipinski definition) is 2. The molecule has 1 heterocycles.